The van der Waals surface area contributed by atoms with Gasteiger partial charge in [-0.25, -0.2) is 13.2 Å². The number of nitrogens with zero attached hydrogens (tertiary/aromatic N) is 2. The molecule has 33 heavy (non-hydrogen) atoms. The van der Waals surface area contributed by atoms with Gasteiger partial charge < -0.3 is 4.74 Å². The first-order chi connectivity index (χ1) is 16.0. The number of esters is 1. The van der Waals surface area contributed by atoms with E-state index in [4.69, 9.17) is 4.74 Å². The molecular formula is C26H22N2O4S. The summed E-state index contributed by atoms with van der Waals surface area (Å²) in [4.78, 5) is 12.7. The average molecular weight is 459 g/mol. The van der Waals surface area contributed by atoms with E-state index in [0.29, 0.717) is 24.4 Å². The molecule has 3 aromatic rings. The Morgan fingerprint density at radius 3 is 2.12 bits per heavy atom. The van der Waals surface area contributed by atoms with E-state index >= 15 is 0 Å². The summed E-state index contributed by atoms with van der Waals surface area (Å²) in [6.07, 6.45) is 3.49. The summed E-state index contributed by atoms with van der Waals surface area (Å²) >= 11 is 0. The highest BCUT2D eigenvalue weighted by Crippen LogP contribution is 2.23. The molecule has 1 saturated heterocycles. The average Bonchev–Trinajstić information content (AvgIpc) is 3.40. The van der Waals surface area contributed by atoms with Gasteiger partial charge in [0.2, 0.25) is 10.0 Å². The van der Waals surface area contributed by atoms with Crippen molar-refractivity contribution in [3.63, 3.8) is 0 Å². The van der Waals surface area contributed by atoms with Crippen molar-refractivity contribution in [1.82, 2.24) is 4.31 Å². The van der Waals surface area contributed by atoms with Crippen LogP contribution >= 0.6 is 0 Å². The molecule has 0 aliphatic carbocycles. The highest BCUT2D eigenvalue weighted by Gasteiger charge is 2.27. The lowest BCUT2D eigenvalue weighted by Crippen LogP contribution is -2.27. The number of carbonyl (C=O) groups is 1. The zero-order chi connectivity index (χ0) is 23.3. The Bertz CT molecular complexity index is 1300. The van der Waals surface area contributed by atoms with Crippen molar-refractivity contribution < 1.29 is 17.9 Å². The summed E-state index contributed by atoms with van der Waals surface area (Å²) in [5.41, 5.74) is 2.41. The zero-order valence-electron chi connectivity index (χ0n) is 17.8. The van der Waals surface area contributed by atoms with Gasteiger partial charge >= 0.3 is 5.97 Å². The Labute approximate surface area is 193 Å². The molecule has 3 aromatic carbocycles. The van der Waals surface area contributed by atoms with Crippen LogP contribution < -0.4 is 4.74 Å². The van der Waals surface area contributed by atoms with E-state index in [1.807, 2.05) is 30.3 Å². The Hall–Kier alpha value is -3.73. The molecule has 1 heterocycles. The van der Waals surface area contributed by atoms with Crippen LogP contribution in [-0.4, -0.2) is 31.8 Å². The molecule has 1 aliphatic heterocycles. The summed E-state index contributed by atoms with van der Waals surface area (Å²) in [7, 11) is -3.52. The first-order valence-electron chi connectivity index (χ1n) is 10.6. The van der Waals surface area contributed by atoms with Gasteiger partial charge in [0.25, 0.3) is 0 Å². The first-order valence-corrected chi connectivity index (χ1v) is 12.0. The molecule has 1 fully saturated rings. The number of sulfonamides is 1. The van der Waals surface area contributed by atoms with Gasteiger partial charge in [-0.15, -0.1) is 0 Å². The number of carbonyl (C=O) groups excluding carboxylic acids is 1. The van der Waals surface area contributed by atoms with Crippen molar-refractivity contribution in [3.8, 4) is 11.8 Å². The van der Waals surface area contributed by atoms with Crippen molar-refractivity contribution in [3.05, 3.63) is 95.6 Å². The van der Waals surface area contributed by atoms with E-state index in [1.165, 1.54) is 28.6 Å². The van der Waals surface area contributed by atoms with Crippen LogP contribution in [0.2, 0.25) is 0 Å². The summed E-state index contributed by atoms with van der Waals surface area (Å²) in [5, 5.41) is 9.44. The minimum atomic E-state index is -3.52. The first kappa shape index (κ1) is 22.5. The SMILES string of the molecule is N#C/C(=C/c1ccc(OC(=O)c2ccc(S(=O)(=O)N3CCCC3)cc2)cc1)c1ccccc1. The van der Waals surface area contributed by atoms with Crippen molar-refractivity contribution in [2.24, 2.45) is 0 Å². The summed E-state index contributed by atoms with van der Waals surface area (Å²) < 4.78 is 32.1. The molecule has 0 N–H and O–H groups in total. The second-order valence-electron chi connectivity index (χ2n) is 7.63. The van der Waals surface area contributed by atoms with Gasteiger partial charge in [0.05, 0.1) is 22.1 Å². The quantitative estimate of drug-likeness (QED) is 0.230. The predicted molar refractivity (Wildman–Crippen MR) is 126 cm³/mol. The van der Waals surface area contributed by atoms with Crippen molar-refractivity contribution in [2.45, 2.75) is 17.7 Å². The minimum Gasteiger partial charge on any atom is -0.423 e. The molecule has 0 spiro atoms. The fourth-order valence-corrected chi connectivity index (χ4v) is 5.12. The third-order valence-corrected chi connectivity index (χ3v) is 7.31. The Morgan fingerprint density at radius 2 is 1.52 bits per heavy atom. The van der Waals surface area contributed by atoms with Crippen molar-refractivity contribution >= 4 is 27.6 Å². The Morgan fingerprint density at radius 1 is 0.879 bits per heavy atom. The number of hydrogen-bond acceptors (Lipinski definition) is 5. The Kier molecular flexibility index (Phi) is 6.68. The molecule has 0 atom stereocenters. The van der Waals surface area contributed by atoms with Crippen LogP contribution in [0.1, 0.15) is 34.3 Å². The van der Waals surface area contributed by atoms with E-state index in [1.54, 1.807) is 30.3 Å². The van der Waals surface area contributed by atoms with Crippen LogP contribution in [-0.2, 0) is 10.0 Å². The van der Waals surface area contributed by atoms with E-state index in [9.17, 15) is 18.5 Å². The molecule has 0 radical (unpaired) electrons. The maximum Gasteiger partial charge on any atom is 0.343 e. The third-order valence-electron chi connectivity index (χ3n) is 5.40. The van der Waals surface area contributed by atoms with E-state index in [0.717, 1.165) is 24.0 Å². The van der Waals surface area contributed by atoms with Crippen LogP contribution in [0.4, 0.5) is 0 Å². The molecule has 4 rings (SSSR count). The molecule has 0 saturated carbocycles. The predicted octanol–water partition coefficient (Wildman–Crippen LogP) is 4.75. The van der Waals surface area contributed by atoms with Crippen LogP contribution in [0.15, 0.2) is 83.8 Å². The lowest BCUT2D eigenvalue weighted by Gasteiger charge is -2.15. The molecule has 0 unspecified atom stereocenters. The fraction of sp³-hybridized carbons (Fsp3) is 0.154. The van der Waals surface area contributed by atoms with Crippen LogP contribution in [0.25, 0.3) is 11.6 Å². The number of rotatable bonds is 6. The Balaban J connectivity index is 1.44. The van der Waals surface area contributed by atoms with Crippen LogP contribution in [0.3, 0.4) is 0 Å². The van der Waals surface area contributed by atoms with Crippen LogP contribution in [0, 0.1) is 11.3 Å². The lowest BCUT2D eigenvalue weighted by molar-refractivity contribution is 0.0734. The lowest BCUT2D eigenvalue weighted by atomic mass is 10.0. The second-order valence-corrected chi connectivity index (χ2v) is 9.57. The maximum atomic E-state index is 12.6. The molecule has 6 nitrogen and oxygen atoms in total. The second kappa shape index (κ2) is 9.82. The standard InChI is InChI=1S/C26H22N2O4S/c27-19-23(21-6-2-1-3-7-21)18-20-8-12-24(13-9-20)32-26(29)22-10-14-25(15-11-22)33(30,31)28-16-4-5-17-28/h1-3,6-15,18H,4-5,16-17H2/b23-18-. The summed E-state index contributed by atoms with van der Waals surface area (Å²) in [6, 6.07) is 24.2. The smallest absolute Gasteiger partial charge is 0.343 e. The van der Waals surface area contributed by atoms with Gasteiger partial charge in [-0.05, 0) is 66.4 Å². The summed E-state index contributed by atoms with van der Waals surface area (Å²) in [5.74, 6) is -0.227. The summed E-state index contributed by atoms with van der Waals surface area (Å²) in [6.45, 7) is 1.05. The van der Waals surface area contributed by atoms with Gasteiger partial charge in [0.1, 0.15) is 5.75 Å². The topological polar surface area (TPSA) is 87.5 Å². The van der Waals surface area contributed by atoms with Crippen molar-refractivity contribution in [2.75, 3.05) is 13.1 Å². The third kappa shape index (κ3) is 5.20. The van der Waals surface area contributed by atoms with Gasteiger partial charge in [-0.2, -0.15) is 9.57 Å². The van der Waals surface area contributed by atoms with Gasteiger partial charge in [-0.1, -0.05) is 42.5 Å². The van der Waals surface area contributed by atoms with Gasteiger partial charge in [0.15, 0.2) is 0 Å². The zero-order valence-corrected chi connectivity index (χ0v) is 18.7. The number of allylic oxidation sites excluding steroid dienone is 1. The number of hydrogen-bond donors (Lipinski definition) is 0. The number of ether oxygens (including phenoxy) is 1. The molecule has 1 aliphatic rings. The minimum absolute atomic E-state index is 0.170. The molecule has 166 valence electrons. The molecule has 0 bridgehead atoms. The van der Waals surface area contributed by atoms with Gasteiger partial charge in [0, 0.05) is 13.1 Å². The van der Waals surface area contributed by atoms with Crippen LogP contribution in [0.5, 0.6) is 5.75 Å². The largest absolute Gasteiger partial charge is 0.423 e. The van der Waals surface area contributed by atoms with E-state index in [2.05, 4.69) is 6.07 Å². The molecule has 0 amide bonds. The van der Waals surface area contributed by atoms with E-state index in [-0.39, 0.29) is 10.5 Å². The fourth-order valence-electron chi connectivity index (χ4n) is 3.60. The number of nitriles is 1. The normalized spacial score (nSPS) is 14.6. The monoisotopic (exact) mass is 458 g/mol. The van der Waals surface area contributed by atoms with Gasteiger partial charge in [-0.3, -0.25) is 0 Å². The molecule has 7 heteroatoms. The highest BCUT2D eigenvalue weighted by atomic mass is 32.2. The van der Waals surface area contributed by atoms with Crippen molar-refractivity contribution in [1.29, 1.82) is 5.26 Å². The highest BCUT2D eigenvalue weighted by molar-refractivity contribution is 7.89. The number of benzene rings is 3. The maximum absolute atomic E-state index is 12.6. The molecule has 0 aromatic heterocycles. The molecular weight excluding hydrogens is 436 g/mol. The van der Waals surface area contributed by atoms with E-state index < -0.39 is 16.0 Å².